The summed E-state index contributed by atoms with van der Waals surface area (Å²) in [7, 11) is 0. The lowest BCUT2D eigenvalue weighted by Gasteiger charge is -2.41. The van der Waals surface area contributed by atoms with Gasteiger partial charge < -0.3 is 20.6 Å². The molecule has 37 heavy (non-hydrogen) atoms. The number of carbonyl (C=O) groups is 3. The van der Waals surface area contributed by atoms with Gasteiger partial charge in [0.1, 0.15) is 6.04 Å². The smallest absolute Gasteiger partial charge is 0.244 e. The van der Waals surface area contributed by atoms with Crippen molar-refractivity contribution in [1.29, 1.82) is 0 Å². The van der Waals surface area contributed by atoms with Crippen molar-refractivity contribution in [1.82, 2.24) is 10.2 Å². The van der Waals surface area contributed by atoms with Gasteiger partial charge in [-0.1, -0.05) is 52.8 Å². The molecule has 4 rings (SSSR count). The van der Waals surface area contributed by atoms with Crippen LogP contribution in [-0.4, -0.2) is 62.0 Å². The van der Waals surface area contributed by atoms with Gasteiger partial charge in [-0.15, -0.1) is 11.8 Å². The number of aliphatic hydroxyl groups is 1. The monoisotopic (exact) mass is 529 g/mol. The lowest BCUT2D eigenvalue weighted by atomic mass is 9.70. The van der Waals surface area contributed by atoms with Crippen molar-refractivity contribution in [3.05, 3.63) is 30.3 Å². The molecule has 3 aliphatic rings. The van der Waals surface area contributed by atoms with E-state index in [2.05, 4.69) is 31.4 Å². The van der Waals surface area contributed by atoms with Gasteiger partial charge in [0.25, 0.3) is 0 Å². The summed E-state index contributed by atoms with van der Waals surface area (Å²) in [5, 5.41) is 16.6. The maximum atomic E-state index is 14.2. The summed E-state index contributed by atoms with van der Waals surface area (Å²) >= 11 is 1.65. The first-order chi connectivity index (χ1) is 17.2. The van der Waals surface area contributed by atoms with Gasteiger partial charge in [0.2, 0.25) is 17.7 Å². The summed E-state index contributed by atoms with van der Waals surface area (Å²) in [6, 6.07) is 8.07. The second kappa shape index (κ2) is 9.92. The third-order valence-corrected chi connectivity index (χ3v) is 10.0. The van der Waals surface area contributed by atoms with Crippen molar-refractivity contribution in [3.63, 3.8) is 0 Å². The van der Waals surface area contributed by atoms with Crippen molar-refractivity contribution in [3.8, 4) is 0 Å². The number of para-hydroxylation sites is 1. The van der Waals surface area contributed by atoms with Gasteiger partial charge in [-0.2, -0.15) is 0 Å². The van der Waals surface area contributed by atoms with Crippen molar-refractivity contribution in [2.75, 3.05) is 11.9 Å². The molecule has 2 unspecified atom stereocenters. The SMILES string of the molecule is CC(C)[C@H](CO)N1C(=O)[C@@H]2[C@@H](C(=O)Nc3ccccc3)[C@H]3CCC2(S3)C1C(=O)NC(C)(C)CC(C)(C)C. The summed E-state index contributed by atoms with van der Waals surface area (Å²) in [5.41, 5.74) is 0.233. The molecule has 3 fully saturated rings. The summed E-state index contributed by atoms with van der Waals surface area (Å²) in [6.07, 6.45) is 2.27. The highest BCUT2D eigenvalue weighted by atomic mass is 32.2. The number of nitrogens with zero attached hydrogens (tertiary/aromatic N) is 1. The van der Waals surface area contributed by atoms with Crippen LogP contribution in [0.4, 0.5) is 5.69 Å². The highest BCUT2D eigenvalue weighted by Crippen LogP contribution is 2.66. The minimum atomic E-state index is -0.728. The molecule has 3 amide bonds. The molecule has 0 aliphatic carbocycles. The average Bonchev–Trinajstić information content (AvgIpc) is 3.40. The van der Waals surface area contributed by atoms with Gasteiger partial charge in [-0.25, -0.2) is 0 Å². The Morgan fingerprint density at radius 3 is 2.35 bits per heavy atom. The van der Waals surface area contributed by atoms with E-state index in [1.165, 1.54) is 0 Å². The summed E-state index contributed by atoms with van der Waals surface area (Å²) in [4.78, 5) is 43.6. The molecule has 0 saturated carbocycles. The van der Waals surface area contributed by atoms with Gasteiger partial charge in [-0.3, -0.25) is 14.4 Å². The van der Waals surface area contributed by atoms with Crippen LogP contribution in [0.3, 0.4) is 0 Å². The molecule has 0 radical (unpaired) electrons. The van der Waals surface area contributed by atoms with Gasteiger partial charge in [0.15, 0.2) is 0 Å². The molecule has 1 spiro atoms. The second-order valence-corrected chi connectivity index (χ2v) is 14.9. The van der Waals surface area contributed by atoms with Gasteiger partial charge in [0.05, 0.1) is 29.2 Å². The molecule has 1 aromatic carbocycles. The third-order valence-electron chi connectivity index (χ3n) is 8.08. The predicted molar refractivity (Wildman–Crippen MR) is 148 cm³/mol. The van der Waals surface area contributed by atoms with Gasteiger partial charge in [-0.05, 0) is 56.6 Å². The molecule has 3 N–H and O–H groups in total. The van der Waals surface area contributed by atoms with E-state index >= 15 is 0 Å². The summed E-state index contributed by atoms with van der Waals surface area (Å²) in [5.74, 6) is -1.66. The molecule has 2 bridgehead atoms. The van der Waals surface area contributed by atoms with Crippen molar-refractivity contribution < 1.29 is 19.5 Å². The van der Waals surface area contributed by atoms with Crippen molar-refractivity contribution >= 4 is 35.2 Å². The molecule has 1 aromatic rings. The van der Waals surface area contributed by atoms with Crippen LogP contribution in [0.5, 0.6) is 0 Å². The summed E-state index contributed by atoms with van der Waals surface area (Å²) < 4.78 is -0.676. The number of rotatable bonds is 8. The first-order valence-electron chi connectivity index (χ1n) is 13.5. The van der Waals surface area contributed by atoms with Crippen LogP contribution in [0.25, 0.3) is 0 Å². The number of thioether (sulfide) groups is 1. The Bertz CT molecular complexity index is 1040. The zero-order valence-electron chi connectivity index (χ0n) is 23.2. The number of nitrogens with one attached hydrogen (secondary N) is 2. The number of aliphatic hydroxyl groups excluding tert-OH is 1. The quantitative estimate of drug-likeness (QED) is 0.472. The highest BCUT2D eigenvalue weighted by molar-refractivity contribution is 8.02. The van der Waals surface area contributed by atoms with Crippen LogP contribution in [0, 0.1) is 23.2 Å². The number of benzene rings is 1. The molecule has 0 aromatic heterocycles. The topological polar surface area (TPSA) is 98.7 Å². The van der Waals surface area contributed by atoms with Crippen LogP contribution in [0.15, 0.2) is 30.3 Å². The maximum absolute atomic E-state index is 14.2. The summed E-state index contributed by atoms with van der Waals surface area (Å²) in [6.45, 7) is 14.2. The zero-order chi connectivity index (χ0) is 27.3. The van der Waals surface area contributed by atoms with E-state index in [4.69, 9.17) is 0 Å². The fourth-order valence-corrected chi connectivity index (χ4v) is 9.39. The highest BCUT2D eigenvalue weighted by Gasteiger charge is 2.74. The first-order valence-corrected chi connectivity index (χ1v) is 14.4. The Hall–Kier alpha value is -2.06. The molecule has 6 atom stereocenters. The van der Waals surface area contributed by atoms with Crippen molar-refractivity contribution in [2.24, 2.45) is 23.2 Å². The lowest BCUT2D eigenvalue weighted by molar-refractivity contribution is -0.143. The van der Waals surface area contributed by atoms with Crippen LogP contribution in [-0.2, 0) is 14.4 Å². The maximum Gasteiger partial charge on any atom is 0.244 e. The van der Waals surface area contributed by atoms with Crippen LogP contribution in [0.1, 0.15) is 67.7 Å². The Kier molecular flexibility index (Phi) is 7.49. The Morgan fingerprint density at radius 2 is 1.78 bits per heavy atom. The molecule has 3 heterocycles. The van der Waals surface area contributed by atoms with E-state index in [9.17, 15) is 19.5 Å². The number of carbonyl (C=O) groups excluding carboxylic acids is 3. The normalized spacial score (nSPS) is 30.0. The van der Waals surface area contributed by atoms with Crippen LogP contribution in [0.2, 0.25) is 0 Å². The molecule has 8 heteroatoms. The number of anilines is 1. The Morgan fingerprint density at radius 1 is 1.14 bits per heavy atom. The minimum absolute atomic E-state index is 0.00946. The second-order valence-electron chi connectivity index (χ2n) is 13.3. The number of hydrogen-bond donors (Lipinski definition) is 3. The molecule has 3 saturated heterocycles. The number of amides is 3. The molecule has 204 valence electrons. The van der Waals surface area contributed by atoms with E-state index in [0.29, 0.717) is 12.1 Å². The van der Waals surface area contributed by atoms with Gasteiger partial charge >= 0.3 is 0 Å². The standard InChI is InChI=1S/C29H43N3O4S/c1-17(2)19(15-33)32-23(25(35)31-28(6,7)16-27(3,4)5)29-14-13-20(37-29)21(22(29)26(32)36)24(34)30-18-11-9-8-10-12-18/h8-12,17,19-23,33H,13-16H2,1-7H3,(H,30,34)(H,31,35)/t19-,20+,21-,22-,23?,29?/m0/s1. The first kappa shape index (κ1) is 28.0. The third kappa shape index (κ3) is 5.16. The predicted octanol–water partition coefficient (Wildman–Crippen LogP) is 4.06. The Balaban J connectivity index is 1.70. The van der Waals surface area contributed by atoms with Crippen LogP contribution >= 0.6 is 11.8 Å². The zero-order valence-corrected chi connectivity index (χ0v) is 24.0. The molecule has 7 nitrogen and oxygen atoms in total. The number of likely N-dealkylation sites (tertiary alicyclic amines) is 1. The van der Waals surface area contributed by atoms with Crippen LogP contribution < -0.4 is 10.6 Å². The molecule has 3 aliphatic heterocycles. The number of hydrogen-bond acceptors (Lipinski definition) is 5. The van der Waals surface area contributed by atoms with E-state index < -0.39 is 34.2 Å². The molecular weight excluding hydrogens is 486 g/mol. The minimum Gasteiger partial charge on any atom is -0.394 e. The van der Waals surface area contributed by atoms with Gasteiger partial charge in [0, 0.05) is 16.5 Å². The van der Waals surface area contributed by atoms with E-state index in [1.54, 1.807) is 16.7 Å². The fraction of sp³-hybridized carbons (Fsp3) is 0.690. The molecular formula is C29H43N3O4S. The number of fused-ring (bicyclic) bond motifs is 1. The van der Waals surface area contributed by atoms with Crippen molar-refractivity contribution in [2.45, 2.75) is 95.3 Å². The lowest BCUT2D eigenvalue weighted by Crippen LogP contribution is -2.60. The van der Waals surface area contributed by atoms with E-state index in [0.717, 1.165) is 12.8 Å². The Labute approximate surface area is 225 Å². The largest absolute Gasteiger partial charge is 0.394 e. The average molecular weight is 530 g/mol. The van der Waals surface area contributed by atoms with E-state index in [1.807, 2.05) is 58.0 Å². The fourth-order valence-electron chi connectivity index (χ4n) is 7.19. The van der Waals surface area contributed by atoms with E-state index in [-0.39, 0.29) is 40.9 Å².